The first kappa shape index (κ1) is 11.9. The highest BCUT2D eigenvalue weighted by atomic mass is 35.5. The Balaban J connectivity index is 2.39. The lowest BCUT2D eigenvalue weighted by molar-refractivity contribution is -0.121. The molecule has 7 nitrogen and oxygen atoms in total. The number of nitrogens with two attached hydrogens (primary N) is 1. The molecule has 8 heteroatoms. The van der Waals surface area contributed by atoms with Crippen molar-refractivity contribution in [3.8, 4) is 0 Å². The average Bonchev–Trinajstić information content (AvgIpc) is 2.33. The number of rotatable bonds is 2. The number of ether oxygens (including phenoxy) is 1. The summed E-state index contributed by atoms with van der Waals surface area (Å²) in [7, 11) is 0. The summed E-state index contributed by atoms with van der Waals surface area (Å²) in [6.45, 7) is 0.999. The van der Waals surface area contributed by atoms with E-state index in [0.29, 0.717) is 13.2 Å². The summed E-state index contributed by atoms with van der Waals surface area (Å²) in [5.41, 5.74) is 4.81. The molecule has 0 bridgehead atoms. The first-order valence-corrected chi connectivity index (χ1v) is 5.36. The number of aromatic nitrogens is 2. The van der Waals surface area contributed by atoms with Crippen LogP contribution in [-0.2, 0) is 9.53 Å². The lowest BCUT2D eigenvalue weighted by atomic mass is 10.2. The Morgan fingerprint density at radius 3 is 3.18 bits per heavy atom. The molecule has 92 valence electrons. The summed E-state index contributed by atoms with van der Waals surface area (Å²) >= 11 is 5.86. The van der Waals surface area contributed by atoms with E-state index in [1.165, 1.54) is 6.33 Å². The summed E-state index contributed by atoms with van der Waals surface area (Å²) in [6, 6.07) is -0.657. The van der Waals surface area contributed by atoms with Crippen molar-refractivity contribution in [2.24, 2.45) is 5.73 Å². The minimum atomic E-state index is -0.657. The SMILES string of the molecule is NC(=O)C1COCCN1c1nc[nH]c(=O)c1Cl. The van der Waals surface area contributed by atoms with E-state index in [4.69, 9.17) is 22.1 Å². The molecule has 1 aromatic heterocycles. The third-order valence-electron chi connectivity index (χ3n) is 2.51. The molecular weight excluding hydrogens is 248 g/mol. The Labute approximate surface area is 102 Å². The third-order valence-corrected chi connectivity index (χ3v) is 2.85. The lowest BCUT2D eigenvalue weighted by Gasteiger charge is -2.34. The number of primary amides is 1. The first-order chi connectivity index (χ1) is 8.11. The zero-order chi connectivity index (χ0) is 12.4. The standard InChI is InChI=1S/C9H11ClN4O3/c10-6-8(12-4-13-9(6)16)14-1-2-17-3-5(14)7(11)15/h4-5H,1-3H2,(H2,11,15)(H,12,13,16). The van der Waals surface area contributed by atoms with Gasteiger partial charge in [0.15, 0.2) is 5.82 Å². The topological polar surface area (TPSA) is 101 Å². The highest BCUT2D eigenvalue weighted by Crippen LogP contribution is 2.22. The highest BCUT2D eigenvalue weighted by Gasteiger charge is 2.30. The number of nitrogens with zero attached hydrogens (tertiary/aromatic N) is 2. The van der Waals surface area contributed by atoms with Gasteiger partial charge in [-0.2, -0.15) is 0 Å². The molecule has 1 fully saturated rings. The maximum absolute atomic E-state index is 11.4. The number of halogens is 1. The number of carbonyl (C=O) groups excluding carboxylic acids is 1. The number of H-pyrrole nitrogens is 1. The number of hydrogen-bond donors (Lipinski definition) is 2. The molecule has 1 aliphatic rings. The highest BCUT2D eigenvalue weighted by molar-refractivity contribution is 6.32. The first-order valence-electron chi connectivity index (χ1n) is 4.98. The zero-order valence-electron chi connectivity index (χ0n) is 8.85. The van der Waals surface area contributed by atoms with Crippen LogP contribution in [0.1, 0.15) is 0 Å². The van der Waals surface area contributed by atoms with E-state index in [1.807, 2.05) is 0 Å². The number of nitrogens with one attached hydrogen (secondary N) is 1. The van der Waals surface area contributed by atoms with Crippen molar-refractivity contribution in [1.82, 2.24) is 9.97 Å². The van der Waals surface area contributed by atoms with Crippen LogP contribution in [-0.4, -0.2) is 41.7 Å². The molecule has 1 aliphatic heterocycles. The Kier molecular flexibility index (Phi) is 3.30. The molecule has 2 heterocycles. The minimum Gasteiger partial charge on any atom is -0.377 e. The molecule has 3 N–H and O–H groups in total. The monoisotopic (exact) mass is 258 g/mol. The lowest BCUT2D eigenvalue weighted by Crippen LogP contribution is -2.53. The summed E-state index contributed by atoms with van der Waals surface area (Å²) in [5, 5.41) is -0.0550. The van der Waals surface area contributed by atoms with Gasteiger partial charge in [-0.05, 0) is 0 Å². The molecule has 2 rings (SSSR count). The van der Waals surface area contributed by atoms with E-state index in [1.54, 1.807) is 4.90 Å². The Morgan fingerprint density at radius 2 is 2.47 bits per heavy atom. The fourth-order valence-corrected chi connectivity index (χ4v) is 1.88. The number of hydrogen-bond acceptors (Lipinski definition) is 5. The van der Waals surface area contributed by atoms with Gasteiger partial charge >= 0.3 is 0 Å². The van der Waals surface area contributed by atoms with Crippen LogP contribution in [0.15, 0.2) is 11.1 Å². The Bertz CT molecular complexity index is 489. The summed E-state index contributed by atoms with van der Waals surface area (Å²) in [4.78, 5) is 30.5. The molecule has 0 radical (unpaired) electrons. The Morgan fingerprint density at radius 1 is 1.71 bits per heavy atom. The molecule has 1 saturated heterocycles. The van der Waals surface area contributed by atoms with Crippen molar-refractivity contribution in [3.63, 3.8) is 0 Å². The van der Waals surface area contributed by atoms with Gasteiger partial charge < -0.3 is 20.4 Å². The van der Waals surface area contributed by atoms with Crippen molar-refractivity contribution in [2.75, 3.05) is 24.7 Å². The molecule has 1 unspecified atom stereocenters. The number of aromatic amines is 1. The van der Waals surface area contributed by atoms with Crippen LogP contribution < -0.4 is 16.2 Å². The number of amides is 1. The number of anilines is 1. The predicted molar refractivity (Wildman–Crippen MR) is 61.0 cm³/mol. The molecule has 0 spiro atoms. The van der Waals surface area contributed by atoms with Crippen LogP contribution in [0.3, 0.4) is 0 Å². The van der Waals surface area contributed by atoms with Gasteiger partial charge in [-0.3, -0.25) is 9.59 Å². The van der Waals surface area contributed by atoms with Gasteiger partial charge in [-0.25, -0.2) is 4.98 Å². The number of morpholine rings is 1. The van der Waals surface area contributed by atoms with Crippen LogP contribution in [0, 0.1) is 0 Å². The molecule has 0 aliphatic carbocycles. The van der Waals surface area contributed by atoms with Gasteiger partial charge in [0.05, 0.1) is 19.5 Å². The van der Waals surface area contributed by atoms with E-state index >= 15 is 0 Å². The fraction of sp³-hybridized carbons (Fsp3) is 0.444. The summed E-state index contributed by atoms with van der Waals surface area (Å²) in [6.07, 6.45) is 1.23. The van der Waals surface area contributed by atoms with E-state index in [2.05, 4.69) is 9.97 Å². The average molecular weight is 259 g/mol. The van der Waals surface area contributed by atoms with Gasteiger partial charge in [0, 0.05) is 6.54 Å². The summed E-state index contributed by atoms with van der Waals surface area (Å²) < 4.78 is 5.17. The van der Waals surface area contributed by atoms with E-state index in [9.17, 15) is 9.59 Å². The fourth-order valence-electron chi connectivity index (χ4n) is 1.67. The molecule has 17 heavy (non-hydrogen) atoms. The second-order valence-corrected chi connectivity index (χ2v) is 3.93. The van der Waals surface area contributed by atoms with Crippen LogP contribution in [0.2, 0.25) is 5.02 Å². The second-order valence-electron chi connectivity index (χ2n) is 3.56. The van der Waals surface area contributed by atoms with Crippen LogP contribution in [0.4, 0.5) is 5.82 Å². The van der Waals surface area contributed by atoms with Crippen LogP contribution in [0.5, 0.6) is 0 Å². The van der Waals surface area contributed by atoms with Crippen molar-refractivity contribution in [2.45, 2.75) is 6.04 Å². The van der Waals surface area contributed by atoms with E-state index < -0.39 is 17.5 Å². The molecular formula is C9H11ClN4O3. The van der Waals surface area contributed by atoms with Crippen LogP contribution >= 0.6 is 11.6 Å². The van der Waals surface area contributed by atoms with Crippen LogP contribution in [0.25, 0.3) is 0 Å². The van der Waals surface area contributed by atoms with E-state index in [-0.39, 0.29) is 17.4 Å². The largest absolute Gasteiger partial charge is 0.377 e. The maximum atomic E-state index is 11.4. The normalized spacial score (nSPS) is 20.3. The zero-order valence-corrected chi connectivity index (χ0v) is 9.61. The maximum Gasteiger partial charge on any atom is 0.271 e. The minimum absolute atomic E-state index is 0.0550. The van der Waals surface area contributed by atoms with Gasteiger partial charge in [0.2, 0.25) is 5.91 Å². The van der Waals surface area contributed by atoms with E-state index in [0.717, 1.165) is 0 Å². The van der Waals surface area contributed by atoms with Crippen molar-refractivity contribution >= 4 is 23.3 Å². The van der Waals surface area contributed by atoms with Crippen molar-refractivity contribution in [3.05, 3.63) is 21.7 Å². The molecule has 0 aromatic carbocycles. The third kappa shape index (κ3) is 2.25. The predicted octanol–water partition coefficient (Wildman–Crippen LogP) is -0.886. The molecule has 1 aromatic rings. The summed E-state index contributed by atoms with van der Waals surface area (Å²) in [5.74, 6) is -0.287. The second kappa shape index (κ2) is 4.72. The van der Waals surface area contributed by atoms with Gasteiger partial charge in [0.1, 0.15) is 11.1 Å². The van der Waals surface area contributed by atoms with Crippen molar-refractivity contribution in [1.29, 1.82) is 0 Å². The quantitative estimate of drug-likeness (QED) is 0.717. The number of carbonyl (C=O) groups is 1. The molecule has 1 amide bonds. The smallest absolute Gasteiger partial charge is 0.271 e. The molecule has 0 saturated carbocycles. The van der Waals surface area contributed by atoms with Gasteiger partial charge in [-0.15, -0.1) is 0 Å². The van der Waals surface area contributed by atoms with Crippen molar-refractivity contribution < 1.29 is 9.53 Å². The van der Waals surface area contributed by atoms with Gasteiger partial charge in [0.25, 0.3) is 5.56 Å². The Hall–Kier alpha value is -1.60. The van der Waals surface area contributed by atoms with Gasteiger partial charge in [-0.1, -0.05) is 11.6 Å². The molecule has 1 atom stereocenters.